The fourth-order valence-electron chi connectivity index (χ4n) is 1.72. The molecule has 0 aromatic carbocycles. The number of anilines is 1. The number of nitrogens with zero attached hydrogens (tertiary/aromatic N) is 2. The molecule has 8 heteroatoms. The lowest BCUT2D eigenvalue weighted by atomic mass is 10.1. The molecule has 0 amide bonds. The lowest BCUT2D eigenvalue weighted by Gasteiger charge is -2.14. The van der Waals surface area contributed by atoms with E-state index in [0.29, 0.717) is 11.3 Å². The van der Waals surface area contributed by atoms with Crippen molar-refractivity contribution in [3.63, 3.8) is 0 Å². The normalized spacial score (nSPS) is 11.7. The second-order valence-corrected chi connectivity index (χ2v) is 6.94. The maximum atomic E-state index is 11.6. The van der Waals surface area contributed by atoms with Crippen LogP contribution in [0.2, 0.25) is 0 Å². The summed E-state index contributed by atoms with van der Waals surface area (Å²) in [4.78, 5) is 15.3. The fourth-order valence-corrected chi connectivity index (χ4v) is 2.44. The number of aromatic nitrogens is 1. The van der Waals surface area contributed by atoms with Crippen LogP contribution in [0.3, 0.4) is 0 Å². The van der Waals surface area contributed by atoms with E-state index in [1.54, 1.807) is 19.9 Å². The molecule has 0 radical (unpaired) electrons. The Bertz CT molecular complexity index is 611. The number of aryl methyl sites for hydroxylation is 2. The number of hydrogen-bond acceptors (Lipinski definition) is 5. The lowest BCUT2D eigenvalue weighted by Crippen LogP contribution is -2.29. The number of rotatable bonds is 6. The molecular weight excluding hydrogens is 282 g/mol. The first-order valence-corrected chi connectivity index (χ1v) is 7.61. The van der Waals surface area contributed by atoms with Gasteiger partial charge in [-0.1, -0.05) is 0 Å². The van der Waals surface area contributed by atoms with Gasteiger partial charge in [-0.2, -0.15) is 0 Å². The van der Waals surface area contributed by atoms with Crippen LogP contribution in [0.4, 0.5) is 5.82 Å². The molecule has 1 aromatic rings. The van der Waals surface area contributed by atoms with Gasteiger partial charge in [-0.25, -0.2) is 22.5 Å². The van der Waals surface area contributed by atoms with Gasteiger partial charge >= 0.3 is 5.97 Å². The van der Waals surface area contributed by atoms with Crippen molar-refractivity contribution in [2.45, 2.75) is 13.8 Å². The number of carbonyl (C=O) groups is 1. The van der Waals surface area contributed by atoms with Crippen molar-refractivity contribution < 1.29 is 18.3 Å². The smallest absolute Gasteiger partial charge is 0.339 e. The van der Waals surface area contributed by atoms with E-state index in [-0.39, 0.29) is 23.7 Å². The lowest BCUT2D eigenvalue weighted by molar-refractivity contribution is 0.0697. The molecule has 0 aliphatic rings. The van der Waals surface area contributed by atoms with Gasteiger partial charge in [0.15, 0.2) is 0 Å². The van der Waals surface area contributed by atoms with Gasteiger partial charge in [0.25, 0.3) is 0 Å². The van der Waals surface area contributed by atoms with Crippen molar-refractivity contribution in [2.24, 2.45) is 0 Å². The number of pyridine rings is 1. The summed E-state index contributed by atoms with van der Waals surface area (Å²) in [6, 6.07) is 1.67. The molecule has 0 bridgehead atoms. The number of hydrogen-bond donors (Lipinski definition) is 2. The maximum absolute atomic E-state index is 11.6. The Balaban J connectivity index is 2.91. The van der Waals surface area contributed by atoms with Gasteiger partial charge in [-0.3, -0.25) is 0 Å². The molecule has 20 heavy (non-hydrogen) atoms. The zero-order valence-electron chi connectivity index (χ0n) is 12.0. The summed E-state index contributed by atoms with van der Waals surface area (Å²) < 4.78 is 24.4. The molecule has 0 spiro atoms. The molecule has 0 aliphatic heterocycles. The standard InChI is InChI=1S/C12H19N3O4S/c1-8-7-9(2)14-11(10(8)12(16)17)13-5-6-20(18,19)15(3)4/h7H,5-6H2,1-4H3,(H,13,14)(H,16,17). The minimum atomic E-state index is -3.33. The van der Waals surface area contributed by atoms with Crippen LogP contribution in [-0.4, -0.2) is 55.2 Å². The monoisotopic (exact) mass is 301 g/mol. The summed E-state index contributed by atoms with van der Waals surface area (Å²) in [5.41, 5.74) is 1.33. The SMILES string of the molecule is Cc1cc(C)c(C(=O)O)c(NCCS(=O)(=O)N(C)C)n1. The van der Waals surface area contributed by atoms with Crippen molar-refractivity contribution >= 4 is 21.8 Å². The molecule has 0 saturated carbocycles. The first kappa shape index (κ1) is 16.4. The van der Waals surface area contributed by atoms with E-state index in [4.69, 9.17) is 0 Å². The molecule has 1 aromatic heterocycles. The molecule has 0 fully saturated rings. The topological polar surface area (TPSA) is 99.6 Å². The van der Waals surface area contributed by atoms with Gasteiger partial charge in [-0.05, 0) is 25.5 Å². The average Bonchev–Trinajstić information content (AvgIpc) is 2.26. The van der Waals surface area contributed by atoms with E-state index >= 15 is 0 Å². The first-order valence-electron chi connectivity index (χ1n) is 6.00. The van der Waals surface area contributed by atoms with Gasteiger partial charge in [0, 0.05) is 26.3 Å². The Morgan fingerprint density at radius 2 is 2.00 bits per heavy atom. The van der Waals surface area contributed by atoms with Crippen molar-refractivity contribution in [3.05, 3.63) is 22.9 Å². The molecule has 0 aliphatic carbocycles. The zero-order chi connectivity index (χ0) is 15.5. The summed E-state index contributed by atoms with van der Waals surface area (Å²) in [6.45, 7) is 3.52. The van der Waals surface area contributed by atoms with Gasteiger partial charge < -0.3 is 10.4 Å². The van der Waals surface area contributed by atoms with Crippen LogP contribution in [-0.2, 0) is 10.0 Å². The summed E-state index contributed by atoms with van der Waals surface area (Å²) in [6.07, 6.45) is 0. The molecule has 0 unspecified atom stereocenters. The molecule has 1 heterocycles. The van der Waals surface area contributed by atoms with E-state index < -0.39 is 16.0 Å². The van der Waals surface area contributed by atoms with Crippen molar-refractivity contribution in [2.75, 3.05) is 31.7 Å². The summed E-state index contributed by atoms with van der Waals surface area (Å²) in [5, 5.41) is 12.0. The average molecular weight is 301 g/mol. The Kier molecular flexibility index (Phi) is 5.07. The Hall–Kier alpha value is -1.67. The molecule has 1 rings (SSSR count). The summed E-state index contributed by atoms with van der Waals surface area (Å²) in [5.74, 6) is -1.02. The van der Waals surface area contributed by atoms with Crippen LogP contribution in [0.1, 0.15) is 21.6 Å². The van der Waals surface area contributed by atoms with E-state index in [2.05, 4.69) is 10.3 Å². The highest BCUT2D eigenvalue weighted by Gasteiger charge is 2.17. The fraction of sp³-hybridized carbons (Fsp3) is 0.500. The van der Waals surface area contributed by atoms with Gasteiger partial charge in [0.2, 0.25) is 10.0 Å². The number of nitrogens with one attached hydrogen (secondary N) is 1. The van der Waals surface area contributed by atoms with E-state index in [9.17, 15) is 18.3 Å². The summed E-state index contributed by atoms with van der Waals surface area (Å²) >= 11 is 0. The first-order chi connectivity index (χ1) is 9.15. The van der Waals surface area contributed by atoms with E-state index in [0.717, 1.165) is 4.31 Å². The predicted molar refractivity (Wildman–Crippen MR) is 76.6 cm³/mol. The number of sulfonamides is 1. The van der Waals surface area contributed by atoms with Crippen LogP contribution >= 0.6 is 0 Å². The highest BCUT2D eigenvalue weighted by molar-refractivity contribution is 7.89. The van der Waals surface area contributed by atoms with Crippen LogP contribution < -0.4 is 5.32 Å². The third-order valence-corrected chi connectivity index (χ3v) is 4.60. The van der Waals surface area contributed by atoms with Crippen molar-refractivity contribution in [1.29, 1.82) is 0 Å². The Labute approximate surface area is 118 Å². The number of aromatic carboxylic acids is 1. The van der Waals surface area contributed by atoms with E-state index in [1.165, 1.54) is 14.1 Å². The number of carboxylic acid groups (broad SMARTS) is 1. The second kappa shape index (κ2) is 6.19. The molecule has 0 saturated heterocycles. The van der Waals surface area contributed by atoms with Crippen molar-refractivity contribution in [1.82, 2.24) is 9.29 Å². The molecule has 7 nitrogen and oxygen atoms in total. The molecule has 2 N–H and O–H groups in total. The Morgan fingerprint density at radius 3 is 2.50 bits per heavy atom. The van der Waals surface area contributed by atoms with Crippen LogP contribution in [0, 0.1) is 13.8 Å². The quantitative estimate of drug-likeness (QED) is 0.802. The van der Waals surface area contributed by atoms with Gasteiger partial charge in [-0.15, -0.1) is 0 Å². The second-order valence-electron chi connectivity index (χ2n) is 4.63. The highest BCUT2D eigenvalue weighted by atomic mass is 32.2. The largest absolute Gasteiger partial charge is 0.478 e. The summed E-state index contributed by atoms with van der Waals surface area (Å²) in [7, 11) is -0.423. The highest BCUT2D eigenvalue weighted by Crippen LogP contribution is 2.18. The van der Waals surface area contributed by atoms with Crippen LogP contribution in [0.15, 0.2) is 6.07 Å². The van der Waals surface area contributed by atoms with Crippen LogP contribution in [0.25, 0.3) is 0 Å². The van der Waals surface area contributed by atoms with Crippen LogP contribution in [0.5, 0.6) is 0 Å². The molecular formula is C12H19N3O4S. The third-order valence-electron chi connectivity index (χ3n) is 2.77. The number of carboxylic acids is 1. The Morgan fingerprint density at radius 1 is 1.40 bits per heavy atom. The minimum Gasteiger partial charge on any atom is -0.478 e. The van der Waals surface area contributed by atoms with E-state index in [1.807, 2.05) is 0 Å². The molecule has 0 atom stereocenters. The predicted octanol–water partition coefficient (Wildman–Crippen LogP) is 0.700. The van der Waals surface area contributed by atoms with Crippen molar-refractivity contribution in [3.8, 4) is 0 Å². The third kappa shape index (κ3) is 3.91. The maximum Gasteiger partial charge on any atom is 0.339 e. The van der Waals surface area contributed by atoms with Gasteiger partial charge in [0.1, 0.15) is 11.4 Å². The minimum absolute atomic E-state index is 0.0675. The van der Waals surface area contributed by atoms with Gasteiger partial charge in [0.05, 0.1) is 5.75 Å². The zero-order valence-corrected chi connectivity index (χ0v) is 12.8. The molecule has 112 valence electrons.